The van der Waals surface area contributed by atoms with Crippen LogP contribution in [0, 0.1) is 28.6 Å². The molecule has 2 N–H and O–H groups in total. The summed E-state index contributed by atoms with van der Waals surface area (Å²) < 4.78 is 0. The highest BCUT2D eigenvalue weighted by Gasteiger charge is 2.50. The summed E-state index contributed by atoms with van der Waals surface area (Å²) in [5.74, 6) is 0.673. The molecular formula is C21H30N6O2. The van der Waals surface area contributed by atoms with Crippen molar-refractivity contribution < 1.29 is 9.59 Å². The van der Waals surface area contributed by atoms with Crippen molar-refractivity contribution in [2.24, 2.45) is 5.92 Å². The van der Waals surface area contributed by atoms with Crippen LogP contribution in [0.4, 0.5) is 0 Å². The van der Waals surface area contributed by atoms with Crippen LogP contribution in [0.15, 0.2) is 0 Å². The molecule has 0 radical (unpaired) electrons. The van der Waals surface area contributed by atoms with Gasteiger partial charge in [0.25, 0.3) is 0 Å². The average molecular weight is 399 g/mol. The zero-order valence-electron chi connectivity index (χ0n) is 16.9. The molecule has 2 amide bonds. The fourth-order valence-electron chi connectivity index (χ4n) is 5.80. The van der Waals surface area contributed by atoms with Crippen LogP contribution >= 0.6 is 0 Å². The zero-order valence-corrected chi connectivity index (χ0v) is 16.9. The first kappa shape index (κ1) is 20.1. The van der Waals surface area contributed by atoms with Gasteiger partial charge in [-0.3, -0.25) is 9.59 Å². The standard InChI is InChI=1S/C21H30N6O2/c22-11-17-3-1-5-26(17)19(28)13-24-16-7-15-8-21(9-15,10-16)25-14-20(29)27-6-2-4-18(27)12-23/h15-18,24-25H,1-10,13-14H2. The van der Waals surface area contributed by atoms with Gasteiger partial charge in [-0.1, -0.05) is 0 Å². The van der Waals surface area contributed by atoms with E-state index < -0.39 is 0 Å². The fourth-order valence-corrected chi connectivity index (χ4v) is 5.80. The first-order valence-electron chi connectivity index (χ1n) is 10.9. The molecular weight excluding hydrogens is 368 g/mol. The highest BCUT2D eigenvalue weighted by atomic mass is 16.2. The number of carbonyl (C=O) groups excluding carboxylic acids is 2. The lowest BCUT2D eigenvalue weighted by Gasteiger charge is -2.56. The number of hydrogen-bond donors (Lipinski definition) is 2. The Labute approximate surface area is 172 Å². The molecule has 2 heterocycles. The maximum absolute atomic E-state index is 12.5. The maximum atomic E-state index is 12.5. The van der Waals surface area contributed by atoms with E-state index in [1.807, 2.05) is 0 Å². The Hall–Kier alpha value is -2.16. The Morgan fingerprint density at radius 2 is 1.52 bits per heavy atom. The largest absolute Gasteiger partial charge is 0.326 e. The summed E-state index contributed by atoms with van der Waals surface area (Å²) in [6, 6.07) is 4.17. The molecule has 5 fully saturated rings. The normalized spacial score (nSPS) is 35.7. The van der Waals surface area contributed by atoms with Gasteiger partial charge in [0.15, 0.2) is 0 Å². The molecule has 156 valence electrons. The molecule has 3 atom stereocenters. The van der Waals surface area contributed by atoms with Crippen molar-refractivity contribution in [2.75, 3.05) is 26.2 Å². The molecule has 3 unspecified atom stereocenters. The van der Waals surface area contributed by atoms with Crippen LogP contribution < -0.4 is 10.6 Å². The molecule has 2 aliphatic heterocycles. The molecule has 29 heavy (non-hydrogen) atoms. The Morgan fingerprint density at radius 1 is 0.931 bits per heavy atom. The molecule has 8 heteroatoms. The highest BCUT2D eigenvalue weighted by molar-refractivity contribution is 5.80. The summed E-state index contributed by atoms with van der Waals surface area (Å²) in [7, 11) is 0. The molecule has 3 aliphatic carbocycles. The maximum Gasteiger partial charge on any atom is 0.237 e. The molecule has 2 bridgehead atoms. The molecule has 0 aromatic rings. The molecule has 8 nitrogen and oxygen atoms in total. The van der Waals surface area contributed by atoms with E-state index in [1.54, 1.807) is 9.80 Å². The van der Waals surface area contributed by atoms with Crippen molar-refractivity contribution in [2.45, 2.75) is 75.0 Å². The summed E-state index contributed by atoms with van der Waals surface area (Å²) in [5.41, 5.74) is -0.0238. The quantitative estimate of drug-likeness (QED) is 0.674. The van der Waals surface area contributed by atoms with Crippen LogP contribution in [0.5, 0.6) is 0 Å². The monoisotopic (exact) mass is 398 g/mol. The smallest absolute Gasteiger partial charge is 0.237 e. The van der Waals surface area contributed by atoms with Gasteiger partial charge in [-0.05, 0) is 57.3 Å². The van der Waals surface area contributed by atoms with Crippen molar-refractivity contribution in [1.82, 2.24) is 20.4 Å². The van der Waals surface area contributed by atoms with Crippen LogP contribution in [0.2, 0.25) is 0 Å². The zero-order chi connectivity index (χ0) is 20.4. The second-order valence-electron chi connectivity index (χ2n) is 9.17. The van der Waals surface area contributed by atoms with Crippen LogP contribution in [-0.4, -0.2) is 71.5 Å². The van der Waals surface area contributed by atoms with Crippen molar-refractivity contribution in [3.05, 3.63) is 0 Å². The van der Waals surface area contributed by atoms with Crippen molar-refractivity contribution in [1.29, 1.82) is 10.5 Å². The Bertz CT molecular complexity index is 732. The lowest BCUT2D eigenvalue weighted by Crippen LogP contribution is -2.64. The molecule has 5 aliphatic rings. The lowest BCUT2D eigenvalue weighted by molar-refractivity contribution is -0.131. The Balaban J connectivity index is 1.24. The summed E-state index contributed by atoms with van der Waals surface area (Å²) in [5, 5.41) is 25.3. The second kappa shape index (κ2) is 8.30. The topological polar surface area (TPSA) is 112 Å². The SMILES string of the molecule is N#CC1CCCN1C(=O)CNC1CC2CC(NCC(=O)N3CCCC3C#N)(C2)C1. The minimum Gasteiger partial charge on any atom is -0.326 e. The van der Waals surface area contributed by atoms with Gasteiger partial charge in [-0.25, -0.2) is 0 Å². The fraction of sp³-hybridized carbons (Fsp3) is 0.810. The van der Waals surface area contributed by atoms with E-state index in [0.29, 0.717) is 19.0 Å². The summed E-state index contributed by atoms with van der Waals surface area (Å²) in [6.45, 7) is 1.93. The van der Waals surface area contributed by atoms with Crippen LogP contribution in [-0.2, 0) is 9.59 Å². The second-order valence-corrected chi connectivity index (χ2v) is 9.17. The minimum atomic E-state index is -0.273. The van der Waals surface area contributed by atoms with E-state index in [4.69, 9.17) is 0 Å². The third-order valence-corrected chi connectivity index (χ3v) is 7.21. The first-order valence-corrected chi connectivity index (χ1v) is 10.9. The van der Waals surface area contributed by atoms with E-state index in [2.05, 4.69) is 22.8 Å². The molecule has 0 aromatic carbocycles. The van der Waals surface area contributed by atoms with Gasteiger partial charge < -0.3 is 20.4 Å². The number of likely N-dealkylation sites (tertiary alicyclic amines) is 2. The van der Waals surface area contributed by atoms with Gasteiger partial charge in [-0.2, -0.15) is 10.5 Å². The lowest BCUT2D eigenvalue weighted by atomic mass is 9.58. The van der Waals surface area contributed by atoms with Gasteiger partial charge in [-0.15, -0.1) is 0 Å². The van der Waals surface area contributed by atoms with Gasteiger partial charge >= 0.3 is 0 Å². The number of nitriles is 2. The number of amides is 2. The van der Waals surface area contributed by atoms with E-state index in [-0.39, 0.29) is 48.6 Å². The van der Waals surface area contributed by atoms with Gasteiger partial charge in [0, 0.05) is 24.7 Å². The minimum absolute atomic E-state index is 0.0158. The Morgan fingerprint density at radius 3 is 2.10 bits per heavy atom. The molecule has 5 rings (SSSR count). The molecule has 0 spiro atoms. The van der Waals surface area contributed by atoms with Crippen molar-refractivity contribution in [3.8, 4) is 12.1 Å². The number of rotatable bonds is 6. The van der Waals surface area contributed by atoms with Crippen LogP contribution in [0.3, 0.4) is 0 Å². The predicted molar refractivity (Wildman–Crippen MR) is 105 cm³/mol. The predicted octanol–water partition coefficient (Wildman–Crippen LogP) is 0.506. The van der Waals surface area contributed by atoms with Gasteiger partial charge in [0.05, 0.1) is 25.2 Å². The summed E-state index contributed by atoms with van der Waals surface area (Å²) in [6.07, 6.45) is 7.49. The van der Waals surface area contributed by atoms with E-state index in [9.17, 15) is 20.1 Å². The van der Waals surface area contributed by atoms with Crippen LogP contribution in [0.25, 0.3) is 0 Å². The van der Waals surface area contributed by atoms with Crippen molar-refractivity contribution >= 4 is 11.8 Å². The van der Waals surface area contributed by atoms with Crippen molar-refractivity contribution in [3.63, 3.8) is 0 Å². The molecule has 0 aromatic heterocycles. The number of nitrogens with zero attached hydrogens (tertiary/aromatic N) is 4. The number of fused-ring (bicyclic) bond motifs is 2. The molecule has 2 saturated heterocycles. The van der Waals surface area contributed by atoms with E-state index >= 15 is 0 Å². The summed E-state index contributed by atoms with van der Waals surface area (Å²) >= 11 is 0. The summed E-state index contributed by atoms with van der Waals surface area (Å²) in [4.78, 5) is 28.4. The van der Waals surface area contributed by atoms with E-state index in [0.717, 1.165) is 51.4 Å². The Kier molecular flexibility index (Phi) is 5.76. The van der Waals surface area contributed by atoms with Gasteiger partial charge in [0.1, 0.15) is 12.1 Å². The number of carbonyl (C=O) groups is 2. The van der Waals surface area contributed by atoms with Crippen LogP contribution in [0.1, 0.15) is 51.4 Å². The average Bonchev–Trinajstić information content (AvgIpc) is 3.38. The number of nitrogens with one attached hydrogen (secondary N) is 2. The first-order chi connectivity index (χ1) is 14.0. The third kappa shape index (κ3) is 4.10. The van der Waals surface area contributed by atoms with Gasteiger partial charge in [0.2, 0.25) is 11.8 Å². The van der Waals surface area contributed by atoms with E-state index in [1.165, 1.54) is 0 Å². The highest BCUT2D eigenvalue weighted by Crippen LogP contribution is 2.48. The third-order valence-electron chi connectivity index (χ3n) is 7.21. The molecule has 3 saturated carbocycles. The number of hydrogen-bond acceptors (Lipinski definition) is 6.